The van der Waals surface area contributed by atoms with Gasteiger partial charge in [0.2, 0.25) is 5.91 Å². The molecular formula is C12H11N3O3. The van der Waals surface area contributed by atoms with E-state index in [2.05, 4.69) is 5.32 Å². The predicted molar refractivity (Wildman–Crippen MR) is 61.6 cm³/mol. The summed E-state index contributed by atoms with van der Waals surface area (Å²) in [6, 6.07) is 7.54. The number of nitriles is 1. The molecule has 1 saturated heterocycles. The Hall–Kier alpha value is -2.55. The van der Waals surface area contributed by atoms with Crippen molar-refractivity contribution in [2.24, 2.45) is 0 Å². The minimum Gasteiger partial charge on any atom is -0.465 e. The van der Waals surface area contributed by atoms with Crippen molar-refractivity contribution in [3.8, 4) is 6.07 Å². The molecule has 0 bridgehead atoms. The van der Waals surface area contributed by atoms with Crippen molar-refractivity contribution in [2.45, 2.75) is 6.04 Å². The van der Waals surface area contributed by atoms with E-state index in [4.69, 9.17) is 10.4 Å². The van der Waals surface area contributed by atoms with E-state index in [1.165, 1.54) is 0 Å². The maximum atomic E-state index is 11.9. The van der Waals surface area contributed by atoms with Crippen LogP contribution in [0.25, 0.3) is 0 Å². The van der Waals surface area contributed by atoms with E-state index >= 15 is 0 Å². The molecule has 0 aromatic heterocycles. The van der Waals surface area contributed by atoms with Crippen LogP contribution in [0.15, 0.2) is 24.3 Å². The molecule has 1 aliphatic rings. The summed E-state index contributed by atoms with van der Waals surface area (Å²) in [6.07, 6.45) is -1.16. The normalized spacial score (nSPS) is 18.9. The number of carbonyl (C=O) groups is 2. The van der Waals surface area contributed by atoms with Crippen molar-refractivity contribution in [2.75, 3.05) is 13.1 Å². The topological polar surface area (TPSA) is 93.4 Å². The summed E-state index contributed by atoms with van der Waals surface area (Å²) in [6.45, 7) is 0.502. The minimum atomic E-state index is -1.16. The Morgan fingerprint density at radius 3 is 2.89 bits per heavy atom. The van der Waals surface area contributed by atoms with E-state index in [1.807, 2.05) is 6.07 Å². The van der Waals surface area contributed by atoms with E-state index in [9.17, 15) is 9.59 Å². The number of nitrogens with one attached hydrogen (secondary N) is 1. The van der Waals surface area contributed by atoms with Gasteiger partial charge in [-0.1, -0.05) is 18.2 Å². The van der Waals surface area contributed by atoms with Crippen molar-refractivity contribution in [3.63, 3.8) is 0 Å². The summed E-state index contributed by atoms with van der Waals surface area (Å²) in [5, 5.41) is 20.7. The molecule has 0 aliphatic carbocycles. The first kappa shape index (κ1) is 11.9. The highest BCUT2D eigenvalue weighted by molar-refractivity contribution is 5.88. The van der Waals surface area contributed by atoms with Gasteiger partial charge in [-0.3, -0.25) is 9.69 Å². The minimum absolute atomic E-state index is 0.214. The zero-order chi connectivity index (χ0) is 13.1. The molecule has 0 saturated carbocycles. The first-order valence-corrected chi connectivity index (χ1v) is 5.41. The van der Waals surface area contributed by atoms with Gasteiger partial charge in [0, 0.05) is 18.7 Å². The predicted octanol–water partition coefficient (Wildman–Crippen LogP) is 0.709. The molecule has 1 fully saturated rings. The molecule has 92 valence electrons. The highest BCUT2D eigenvalue weighted by Crippen LogP contribution is 2.25. The molecule has 18 heavy (non-hydrogen) atoms. The number of amides is 2. The maximum absolute atomic E-state index is 11.9. The second-order valence-corrected chi connectivity index (χ2v) is 3.87. The van der Waals surface area contributed by atoms with Gasteiger partial charge in [0.15, 0.2) is 0 Å². The molecule has 2 amide bonds. The molecular weight excluding hydrogens is 234 g/mol. The SMILES string of the molecule is N#Cc1ccccc1C1C(=O)NCCN1C(=O)O. The number of piperazine rings is 1. The average molecular weight is 245 g/mol. The fourth-order valence-electron chi connectivity index (χ4n) is 2.02. The van der Waals surface area contributed by atoms with Gasteiger partial charge >= 0.3 is 6.09 Å². The lowest BCUT2D eigenvalue weighted by molar-refractivity contribution is -0.128. The number of carbonyl (C=O) groups excluding carboxylic acids is 1. The highest BCUT2D eigenvalue weighted by Gasteiger charge is 2.35. The molecule has 2 N–H and O–H groups in total. The zero-order valence-electron chi connectivity index (χ0n) is 9.46. The smallest absolute Gasteiger partial charge is 0.408 e. The van der Waals surface area contributed by atoms with Crippen molar-refractivity contribution in [3.05, 3.63) is 35.4 Å². The zero-order valence-corrected chi connectivity index (χ0v) is 9.46. The van der Waals surface area contributed by atoms with Crippen LogP contribution in [0, 0.1) is 11.3 Å². The number of rotatable bonds is 1. The van der Waals surface area contributed by atoms with Crippen LogP contribution < -0.4 is 5.32 Å². The van der Waals surface area contributed by atoms with Crippen LogP contribution in [-0.2, 0) is 4.79 Å². The van der Waals surface area contributed by atoms with Crippen molar-refractivity contribution in [1.82, 2.24) is 10.2 Å². The fourth-order valence-corrected chi connectivity index (χ4v) is 2.02. The quantitative estimate of drug-likeness (QED) is 0.761. The largest absolute Gasteiger partial charge is 0.465 e. The standard InChI is InChI=1S/C12H11N3O3/c13-7-8-3-1-2-4-9(8)10-11(16)14-5-6-15(10)12(17)18/h1-4,10H,5-6H2,(H,14,16)(H,17,18). The lowest BCUT2D eigenvalue weighted by Crippen LogP contribution is -2.51. The van der Waals surface area contributed by atoms with Crippen LogP contribution in [0.1, 0.15) is 17.2 Å². The lowest BCUT2D eigenvalue weighted by atomic mass is 9.98. The molecule has 1 aliphatic heterocycles. The Labute approximate surface area is 103 Å². The Balaban J connectivity index is 2.48. The number of benzene rings is 1. The molecule has 1 aromatic carbocycles. The van der Waals surface area contributed by atoms with Crippen LogP contribution in [0.5, 0.6) is 0 Å². The van der Waals surface area contributed by atoms with Gasteiger partial charge in [0.1, 0.15) is 6.04 Å². The van der Waals surface area contributed by atoms with Crippen LogP contribution >= 0.6 is 0 Å². The van der Waals surface area contributed by atoms with Gasteiger partial charge in [-0.25, -0.2) is 4.79 Å². The van der Waals surface area contributed by atoms with Gasteiger partial charge in [-0.2, -0.15) is 5.26 Å². The molecule has 1 aromatic rings. The third kappa shape index (κ3) is 1.98. The molecule has 2 rings (SSSR count). The first-order chi connectivity index (χ1) is 8.65. The third-order valence-corrected chi connectivity index (χ3v) is 2.83. The van der Waals surface area contributed by atoms with Crippen LogP contribution in [0.2, 0.25) is 0 Å². The Bertz CT molecular complexity index is 536. The maximum Gasteiger partial charge on any atom is 0.408 e. The summed E-state index contributed by atoms with van der Waals surface area (Å²) in [7, 11) is 0. The molecule has 6 nitrogen and oxygen atoms in total. The number of carboxylic acid groups (broad SMARTS) is 1. The monoisotopic (exact) mass is 245 g/mol. The summed E-state index contributed by atoms with van der Waals surface area (Å²) in [5.74, 6) is -0.397. The molecule has 0 radical (unpaired) electrons. The number of hydrogen-bond donors (Lipinski definition) is 2. The van der Waals surface area contributed by atoms with E-state index in [0.717, 1.165) is 4.90 Å². The van der Waals surface area contributed by atoms with Gasteiger partial charge < -0.3 is 10.4 Å². The van der Waals surface area contributed by atoms with Gasteiger partial charge in [0.05, 0.1) is 11.6 Å². The Kier molecular flexibility index (Phi) is 3.15. The van der Waals surface area contributed by atoms with Gasteiger partial charge in [-0.05, 0) is 6.07 Å². The van der Waals surface area contributed by atoms with E-state index in [0.29, 0.717) is 11.1 Å². The van der Waals surface area contributed by atoms with E-state index in [-0.39, 0.29) is 13.1 Å². The van der Waals surface area contributed by atoms with Crippen LogP contribution in [-0.4, -0.2) is 35.1 Å². The van der Waals surface area contributed by atoms with Gasteiger partial charge in [0.25, 0.3) is 0 Å². The molecule has 1 unspecified atom stereocenters. The summed E-state index contributed by atoms with van der Waals surface area (Å²) >= 11 is 0. The van der Waals surface area contributed by atoms with Crippen LogP contribution in [0.3, 0.4) is 0 Å². The molecule has 1 heterocycles. The fraction of sp³-hybridized carbons (Fsp3) is 0.250. The molecule has 6 heteroatoms. The Morgan fingerprint density at radius 2 is 2.22 bits per heavy atom. The van der Waals surface area contributed by atoms with Gasteiger partial charge in [-0.15, -0.1) is 0 Å². The summed E-state index contributed by atoms with van der Waals surface area (Å²) in [4.78, 5) is 24.0. The van der Waals surface area contributed by atoms with Crippen molar-refractivity contribution < 1.29 is 14.7 Å². The number of nitrogens with zero attached hydrogens (tertiary/aromatic N) is 2. The average Bonchev–Trinajstić information content (AvgIpc) is 2.38. The Morgan fingerprint density at radius 1 is 1.50 bits per heavy atom. The van der Waals surface area contributed by atoms with Crippen LogP contribution in [0.4, 0.5) is 4.79 Å². The van der Waals surface area contributed by atoms with E-state index < -0.39 is 18.0 Å². The highest BCUT2D eigenvalue weighted by atomic mass is 16.4. The molecule has 0 spiro atoms. The third-order valence-electron chi connectivity index (χ3n) is 2.83. The summed E-state index contributed by atoms with van der Waals surface area (Å²) in [5.41, 5.74) is 0.727. The van der Waals surface area contributed by atoms with Crippen molar-refractivity contribution >= 4 is 12.0 Å². The molecule has 1 atom stereocenters. The van der Waals surface area contributed by atoms with Crippen molar-refractivity contribution in [1.29, 1.82) is 5.26 Å². The lowest BCUT2D eigenvalue weighted by Gasteiger charge is -2.33. The second-order valence-electron chi connectivity index (χ2n) is 3.87. The first-order valence-electron chi connectivity index (χ1n) is 5.41. The second kappa shape index (κ2) is 4.75. The number of hydrogen-bond acceptors (Lipinski definition) is 3. The summed E-state index contributed by atoms with van der Waals surface area (Å²) < 4.78 is 0. The van der Waals surface area contributed by atoms with E-state index in [1.54, 1.807) is 24.3 Å².